The molecular weight excluding hydrogens is 129 g/mol. The van der Waals surface area contributed by atoms with E-state index >= 15 is 0 Å². The van der Waals surface area contributed by atoms with Crippen LogP contribution in [0.1, 0.15) is 0 Å². The summed E-state index contributed by atoms with van der Waals surface area (Å²) in [6.07, 6.45) is 1.84. The lowest BCUT2D eigenvalue weighted by atomic mass is 10.4. The van der Waals surface area contributed by atoms with Crippen molar-refractivity contribution in [2.24, 2.45) is 0 Å². The third-order valence-corrected chi connectivity index (χ3v) is 0.371. The molecule has 0 aliphatic rings. The highest BCUT2D eigenvalue weighted by Gasteiger charge is 1.86. The first-order chi connectivity index (χ1) is 4.41. The average Bonchev–Trinajstić information content (AvgIpc) is 1.89. The third-order valence-electron chi connectivity index (χ3n) is 0.371. The normalized spacial score (nSPS) is 10.4. The number of rotatable bonds is 4. The van der Waals surface area contributed by atoms with Gasteiger partial charge in [0.25, 0.3) is 0 Å². The monoisotopic (exact) mass is 133 g/mol. The van der Waals surface area contributed by atoms with E-state index in [1.165, 1.54) is 0 Å². The van der Waals surface area contributed by atoms with Crippen LogP contribution in [0.3, 0.4) is 0 Å². The summed E-state index contributed by atoms with van der Waals surface area (Å²) in [5, 5.41) is 0. The van der Waals surface area contributed by atoms with E-state index in [0.29, 0.717) is 0 Å². The Balaban J connectivity index is 2.91. The predicted molar refractivity (Wildman–Crippen MR) is 28.4 cm³/mol. The van der Waals surface area contributed by atoms with Crippen LogP contribution in [-0.2, 0) is 9.31 Å². The maximum absolute atomic E-state index is 11.0. The van der Waals surface area contributed by atoms with Gasteiger partial charge in [-0.1, -0.05) is 0 Å². The fourth-order valence-corrected chi connectivity index (χ4v) is 0.156. The fraction of sp³-hybridized carbons (Fsp3) is 0. The topological polar surface area (TPSA) is 18.5 Å². The minimum atomic E-state index is 0.180. The first-order valence-electron chi connectivity index (χ1n) is 2.05. The highest BCUT2D eigenvalue weighted by Crippen LogP contribution is 1.79. The van der Waals surface area contributed by atoms with Gasteiger partial charge >= 0.3 is 7.69 Å². The van der Waals surface area contributed by atoms with Crippen LogP contribution in [0, 0.1) is 0 Å². The fourth-order valence-electron chi connectivity index (χ4n) is 0.156. The van der Waals surface area contributed by atoms with E-state index < -0.39 is 0 Å². The maximum Gasteiger partial charge on any atom is 0.657 e. The first-order valence-corrected chi connectivity index (χ1v) is 2.05. The molecule has 0 aromatic heterocycles. The average molecular weight is 133 g/mol. The summed E-state index contributed by atoms with van der Waals surface area (Å²) < 4.78 is 30.4. The van der Waals surface area contributed by atoms with Crippen molar-refractivity contribution < 1.29 is 18.1 Å². The molecular formula is C4H4BF2O2. The van der Waals surface area contributed by atoms with Crippen molar-refractivity contribution in [3.8, 4) is 0 Å². The Hall–Kier alpha value is -0.995. The zero-order valence-corrected chi connectivity index (χ0v) is 4.46. The van der Waals surface area contributed by atoms with Crippen LogP contribution in [0.25, 0.3) is 0 Å². The van der Waals surface area contributed by atoms with Gasteiger partial charge < -0.3 is 9.31 Å². The Kier molecular flexibility index (Phi) is 6.23. The van der Waals surface area contributed by atoms with Gasteiger partial charge in [-0.15, -0.1) is 0 Å². The van der Waals surface area contributed by atoms with Crippen molar-refractivity contribution in [2.45, 2.75) is 0 Å². The molecule has 49 valence electrons. The second-order valence-corrected chi connectivity index (χ2v) is 0.893. The largest absolute Gasteiger partial charge is 0.657 e. The molecule has 5 heteroatoms. The van der Waals surface area contributed by atoms with E-state index in [4.69, 9.17) is 0 Å². The summed E-state index contributed by atoms with van der Waals surface area (Å²) in [6, 6.07) is 0. The molecule has 0 rings (SSSR count). The SMILES string of the molecule is F/C=C\O[B]O/C=C\F. The summed E-state index contributed by atoms with van der Waals surface area (Å²) in [7, 11) is 0.770. The summed E-state index contributed by atoms with van der Waals surface area (Å²) >= 11 is 0. The first kappa shape index (κ1) is 8.00. The van der Waals surface area contributed by atoms with Gasteiger partial charge in [0, 0.05) is 0 Å². The Morgan fingerprint density at radius 2 is 1.44 bits per heavy atom. The Bertz CT molecular complexity index is 92.7. The highest BCUT2D eigenvalue weighted by molar-refractivity contribution is 6.18. The maximum atomic E-state index is 11.0. The van der Waals surface area contributed by atoms with Gasteiger partial charge in [-0.25, -0.2) is 8.78 Å². The van der Waals surface area contributed by atoms with Gasteiger partial charge in [-0.3, -0.25) is 0 Å². The summed E-state index contributed by atoms with van der Waals surface area (Å²) in [5.41, 5.74) is 0. The Labute approximate surface area is 52.1 Å². The molecule has 0 aliphatic heterocycles. The minimum absolute atomic E-state index is 0.180. The molecule has 0 amide bonds. The minimum Gasteiger partial charge on any atom is -0.530 e. The van der Waals surface area contributed by atoms with Crippen molar-refractivity contribution in [1.29, 1.82) is 0 Å². The molecule has 0 aliphatic carbocycles. The second-order valence-electron chi connectivity index (χ2n) is 0.893. The molecule has 0 N–H and O–H groups in total. The molecule has 2 nitrogen and oxygen atoms in total. The molecule has 0 saturated heterocycles. The smallest absolute Gasteiger partial charge is 0.530 e. The van der Waals surface area contributed by atoms with Gasteiger partial charge in [0.2, 0.25) is 0 Å². The van der Waals surface area contributed by atoms with Crippen LogP contribution < -0.4 is 0 Å². The summed E-state index contributed by atoms with van der Waals surface area (Å²) in [5.74, 6) is 0. The van der Waals surface area contributed by atoms with Crippen LogP contribution in [0.4, 0.5) is 8.78 Å². The zero-order chi connectivity index (χ0) is 6.95. The molecule has 0 saturated carbocycles. The van der Waals surface area contributed by atoms with Gasteiger partial charge in [-0.2, -0.15) is 0 Å². The summed E-state index contributed by atoms with van der Waals surface area (Å²) in [4.78, 5) is 0. The molecule has 0 unspecified atom stereocenters. The molecule has 0 atom stereocenters. The second kappa shape index (κ2) is 7.00. The third kappa shape index (κ3) is 7.00. The molecule has 0 fully saturated rings. The molecule has 0 spiro atoms. The van der Waals surface area contributed by atoms with Crippen molar-refractivity contribution in [3.63, 3.8) is 0 Å². The number of hydrogen-bond donors (Lipinski definition) is 0. The van der Waals surface area contributed by atoms with Crippen molar-refractivity contribution in [1.82, 2.24) is 0 Å². The van der Waals surface area contributed by atoms with Crippen LogP contribution in [0.15, 0.2) is 25.2 Å². The van der Waals surface area contributed by atoms with E-state index in [2.05, 4.69) is 9.31 Å². The Morgan fingerprint density at radius 1 is 1.00 bits per heavy atom. The molecule has 0 heterocycles. The van der Waals surface area contributed by atoms with Crippen LogP contribution in [0.2, 0.25) is 0 Å². The highest BCUT2D eigenvalue weighted by atomic mass is 19.1. The van der Waals surface area contributed by atoms with Crippen molar-refractivity contribution in [2.75, 3.05) is 0 Å². The van der Waals surface area contributed by atoms with Gasteiger partial charge in [0.1, 0.15) is 12.7 Å². The van der Waals surface area contributed by atoms with Gasteiger partial charge in [-0.05, 0) is 0 Å². The molecule has 1 radical (unpaired) electrons. The lowest BCUT2D eigenvalue weighted by molar-refractivity contribution is 0.366. The number of hydrogen-bond acceptors (Lipinski definition) is 2. The van der Waals surface area contributed by atoms with E-state index in [-0.39, 0.29) is 12.7 Å². The lowest BCUT2D eigenvalue weighted by Crippen LogP contribution is -1.92. The zero-order valence-electron chi connectivity index (χ0n) is 4.46. The standard InChI is InChI=1S/C4H4BF2O2/c6-1-3-8-5-9-4-2-7/h1-4H/b3-1-,4-2-. The molecule has 0 aromatic carbocycles. The number of halogens is 2. The molecule has 0 aromatic rings. The van der Waals surface area contributed by atoms with E-state index in [0.717, 1.165) is 20.2 Å². The Morgan fingerprint density at radius 3 is 1.78 bits per heavy atom. The van der Waals surface area contributed by atoms with Crippen molar-refractivity contribution >= 4 is 7.69 Å². The summed E-state index contributed by atoms with van der Waals surface area (Å²) in [6.45, 7) is 0. The lowest BCUT2D eigenvalue weighted by Gasteiger charge is -1.91. The van der Waals surface area contributed by atoms with Crippen LogP contribution >= 0.6 is 0 Å². The van der Waals surface area contributed by atoms with E-state index in [1.54, 1.807) is 0 Å². The van der Waals surface area contributed by atoms with Crippen LogP contribution in [0.5, 0.6) is 0 Å². The van der Waals surface area contributed by atoms with Gasteiger partial charge in [0.15, 0.2) is 0 Å². The van der Waals surface area contributed by atoms with Crippen molar-refractivity contribution in [3.05, 3.63) is 25.2 Å². The van der Waals surface area contributed by atoms with E-state index in [1.807, 2.05) is 0 Å². The predicted octanol–water partition coefficient (Wildman–Crippen LogP) is 1.44. The molecule has 0 bridgehead atoms. The molecule has 9 heavy (non-hydrogen) atoms. The quantitative estimate of drug-likeness (QED) is 0.328. The van der Waals surface area contributed by atoms with Crippen LogP contribution in [-0.4, -0.2) is 7.69 Å². The van der Waals surface area contributed by atoms with Gasteiger partial charge in [0.05, 0.1) is 12.5 Å². The van der Waals surface area contributed by atoms with E-state index in [9.17, 15) is 8.78 Å².